The molecule has 1 aliphatic heterocycles. The van der Waals surface area contributed by atoms with Gasteiger partial charge in [0.2, 0.25) is 0 Å². The number of anilines is 1. The number of ether oxygens (including phenoxy) is 1. The minimum atomic E-state index is -3.00. The van der Waals surface area contributed by atoms with Gasteiger partial charge in [-0.1, -0.05) is 0 Å². The molecule has 7 nitrogen and oxygen atoms in total. The van der Waals surface area contributed by atoms with Crippen molar-refractivity contribution in [3.8, 4) is 0 Å². The number of methoxy groups -OCH3 is 1. The molecule has 0 aromatic carbocycles. The average molecular weight is 285 g/mol. The van der Waals surface area contributed by atoms with Gasteiger partial charge in [0.15, 0.2) is 9.84 Å². The summed E-state index contributed by atoms with van der Waals surface area (Å²) in [4.78, 5) is 21.3. The van der Waals surface area contributed by atoms with Crippen LogP contribution >= 0.6 is 0 Å². The molecule has 0 radical (unpaired) electrons. The Bertz CT molecular complexity index is 573. The molecule has 8 heteroatoms. The molecule has 0 spiro atoms. The highest BCUT2D eigenvalue weighted by molar-refractivity contribution is 7.91. The lowest BCUT2D eigenvalue weighted by Crippen LogP contribution is -2.29. The lowest BCUT2D eigenvalue weighted by molar-refractivity contribution is 0.0600. The minimum Gasteiger partial charge on any atom is -0.465 e. The van der Waals surface area contributed by atoms with Crippen LogP contribution in [0, 0.1) is 0 Å². The predicted octanol–water partition coefficient (Wildman–Crippen LogP) is -0.112. The number of carbonyl (C=O) groups excluding carboxylic acids is 1. The van der Waals surface area contributed by atoms with Crippen LogP contribution in [0.2, 0.25) is 0 Å². The van der Waals surface area contributed by atoms with Gasteiger partial charge in [0.05, 0.1) is 18.6 Å². The highest BCUT2D eigenvalue weighted by atomic mass is 32.2. The predicted molar refractivity (Wildman–Crippen MR) is 68.9 cm³/mol. The van der Waals surface area contributed by atoms with Crippen molar-refractivity contribution in [3.63, 3.8) is 0 Å². The van der Waals surface area contributed by atoms with E-state index in [0.717, 1.165) is 0 Å². The Kier molecular flexibility index (Phi) is 3.98. The highest BCUT2D eigenvalue weighted by Crippen LogP contribution is 2.19. The molecule has 1 aromatic heterocycles. The molecule has 1 aromatic rings. The number of hydrogen-bond acceptors (Lipinski definition) is 7. The van der Waals surface area contributed by atoms with E-state index in [1.807, 2.05) is 0 Å². The molecule has 0 N–H and O–H groups in total. The molecule has 19 heavy (non-hydrogen) atoms. The van der Waals surface area contributed by atoms with Gasteiger partial charge in [0.1, 0.15) is 17.7 Å². The maximum atomic E-state index is 11.6. The molecule has 1 saturated heterocycles. The van der Waals surface area contributed by atoms with Crippen molar-refractivity contribution >= 4 is 21.6 Å². The van der Waals surface area contributed by atoms with Crippen molar-refractivity contribution in [2.24, 2.45) is 0 Å². The van der Waals surface area contributed by atoms with Crippen LogP contribution in [0.15, 0.2) is 12.5 Å². The summed E-state index contributed by atoms with van der Waals surface area (Å²) >= 11 is 0. The van der Waals surface area contributed by atoms with Crippen molar-refractivity contribution in [3.05, 3.63) is 18.1 Å². The van der Waals surface area contributed by atoms with Gasteiger partial charge in [-0.2, -0.15) is 0 Å². The van der Waals surface area contributed by atoms with Crippen molar-refractivity contribution in [1.29, 1.82) is 0 Å². The molecule has 0 unspecified atom stereocenters. The second-order valence-corrected chi connectivity index (χ2v) is 6.55. The van der Waals surface area contributed by atoms with Gasteiger partial charge < -0.3 is 9.64 Å². The Morgan fingerprint density at radius 1 is 1.37 bits per heavy atom. The quantitative estimate of drug-likeness (QED) is 0.700. The van der Waals surface area contributed by atoms with Crippen molar-refractivity contribution in [2.75, 3.05) is 36.6 Å². The first-order valence-electron chi connectivity index (χ1n) is 5.87. The fourth-order valence-corrected chi connectivity index (χ4v) is 3.25. The Morgan fingerprint density at radius 2 is 2.16 bits per heavy atom. The van der Waals surface area contributed by atoms with E-state index in [9.17, 15) is 13.2 Å². The molecule has 2 heterocycles. The summed E-state index contributed by atoms with van der Waals surface area (Å²) in [6.45, 7) is 0.865. The SMILES string of the molecule is COC(=O)c1cncnc1N1CCCS(=O)(=O)CC1. The number of nitrogens with zero attached hydrogens (tertiary/aromatic N) is 3. The zero-order valence-electron chi connectivity index (χ0n) is 10.6. The van der Waals surface area contributed by atoms with E-state index in [1.165, 1.54) is 19.6 Å². The van der Waals surface area contributed by atoms with Gasteiger partial charge >= 0.3 is 5.97 Å². The summed E-state index contributed by atoms with van der Waals surface area (Å²) in [7, 11) is -1.72. The number of aromatic nitrogens is 2. The van der Waals surface area contributed by atoms with E-state index in [2.05, 4.69) is 14.7 Å². The maximum absolute atomic E-state index is 11.6. The highest BCUT2D eigenvalue weighted by Gasteiger charge is 2.24. The molecule has 0 saturated carbocycles. The molecule has 2 rings (SSSR count). The van der Waals surface area contributed by atoms with Gasteiger partial charge in [-0.3, -0.25) is 0 Å². The minimum absolute atomic E-state index is 0.0671. The molecule has 0 amide bonds. The first-order chi connectivity index (χ1) is 9.03. The van der Waals surface area contributed by atoms with E-state index in [4.69, 9.17) is 0 Å². The lowest BCUT2D eigenvalue weighted by atomic mass is 10.2. The van der Waals surface area contributed by atoms with Crippen LogP contribution in [0.1, 0.15) is 16.8 Å². The third-order valence-electron chi connectivity index (χ3n) is 2.95. The Morgan fingerprint density at radius 3 is 2.89 bits per heavy atom. The van der Waals surface area contributed by atoms with E-state index in [1.54, 1.807) is 4.90 Å². The summed E-state index contributed by atoms with van der Waals surface area (Å²) in [5, 5.41) is 0. The van der Waals surface area contributed by atoms with Gasteiger partial charge in [-0.25, -0.2) is 23.2 Å². The fraction of sp³-hybridized carbons (Fsp3) is 0.545. The van der Waals surface area contributed by atoms with Crippen LogP contribution in [0.3, 0.4) is 0 Å². The van der Waals surface area contributed by atoms with Crippen molar-refractivity contribution in [1.82, 2.24) is 9.97 Å². The van der Waals surface area contributed by atoms with Crippen LogP contribution < -0.4 is 4.90 Å². The van der Waals surface area contributed by atoms with E-state index in [-0.39, 0.29) is 17.1 Å². The summed E-state index contributed by atoms with van der Waals surface area (Å²) in [5.41, 5.74) is 0.254. The topological polar surface area (TPSA) is 89.5 Å². The lowest BCUT2D eigenvalue weighted by Gasteiger charge is -2.22. The largest absolute Gasteiger partial charge is 0.465 e. The summed E-state index contributed by atoms with van der Waals surface area (Å²) in [6, 6.07) is 0. The second kappa shape index (κ2) is 5.52. The number of carbonyl (C=O) groups is 1. The maximum Gasteiger partial charge on any atom is 0.343 e. The van der Waals surface area contributed by atoms with Crippen LogP contribution in [-0.2, 0) is 14.6 Å². The Balaban J connectivity index is 2.29. The van der Waals surface area contributed by atoms with Crippen LogP contribution in [0.5, 0.6) is 0 Å². The molecule has 0 aliphatic carbocycles. The van der Waals surface area contributed by atoms with Gasteiger partial charge in [0.25, 0.3) is 0 Å². The zero-order valence-corrected chi connectivity index (χ0v) is 11.4. The van der Waals surface area contributed by atoms with Gasteiger partial charge in [-0.05, 0) is 6.42 Å². The Hall–Kier alpha value is -1.70. The molecule has 104 valence electrons. The second-order valence-electron chi connectivity index (χ2n) is 4.24. The van der Waals surface area contributed by atoms with Crippen LogP contribution in [0.25, 0.3) is 0 Å². The smallest absolute Gasteiger partial charge is 0.343 e. The monoisotopic (exact) mass is 285 g/mol. The fourth-order valence-electron chi connectivity index (χ4n) is 1.98. The first-order valence-corrected chi connectivity index (χ1v) is 7.69. The Labute approximate surface area is 111 Å². The number of esters is 1. The molecule has 0 bridgehead atoms. The number of hydrogen-bond donors (Lipinski definition) is 0. The molecular formula is C11H15N3O4S. The number of rotatable bonds is 2. The summed E-state index contributed by atoms with van der Waals surface area (Å²) in [5.74, 6) is 0.140. The molecule has 0 atom stereocenters. The third-order valence-corrected chi connectivity index (χ3v) is 4.67. The van der Waals surface area contributed by atoms with Gasteiger partial charge in [-0.15, -0.1) is 0 Å². The summed E-state index contributed by atoms with van der Waals surface area (Å²) in [6.07, 6.45) is 3.24. The normalized spacial score (nSPS) is 18.7. The summed E-state index contributed by atoms with van der Waals surface area (Å²) < 4.78 is 27.8. The first kappa shape index (κ1) is 13.7. The van der Waals surface area contributed by atoms with E-state index >= 15 is 0 Å². The van der Waals surface area contributed by atoms with Crippen molar-refractivity contribution in [2.45, 2.75) is 6.42 Å². The standard InChI is InChI=1S/C11H15N3O4S/c1-18-11(15)9-7-12-8-13-10(9)14-3-2-5-19(16,17)6-4-14/h7-8H,2-6H2,1H3. The zero-order chi connectivity index (χ0) is 13.9. The van der Waals surface area contributed by atoms with Gasteiger partial charge in [0, 0.05) is 19.3 Å². The van der Waals surface area contributed by atoms with Crippen LogP contribution in [0.4, 0.5) is 5.82 Å². The van der Waals surface area contributed by atoms with E-state index < -0.39 is 15.8 Å². The molecule has 1 fully saturated rings. The van der Waals surface area contributed by atoms with E-state index in [0.29, 0.717) is 25.3 Å². The van der Waals surface area contributed by atoms with Crippen molar-refractivity contribution < 1.29 is 17.9 Å². The average Bonchev–Trinajstić information content (AvgIpc) is 2.59. The van der Waals surface area contributed by atoms with Crippen LogP contribution in [-0.4, -0.2) is 56.1 Å². The molecular weight excluding hydrogens is 270 g/mol. The molecule has 1 aliphatic rings. The number of sulfone groups is 1. The third kappa shape index (κ3) is 3.19.